The largest absolute Gasteiger partial charge is 0.416 e. The number of hydrogen-bond acceptors (Lipinski definition) is 4. The number of piperazine rings is 1. The average Bonchev–Trinajstić information content (AvgIpc) is 2.80. The Morgan fingerprint density at radius 3 is 2.44 bits per heavy atom. The lowest BCUT2D eigenvalue weighted by atomic mass is 10.0. The Morgan fingerprint density at radius 1 is 1.06 bits per heavy atom. The number of nitrogens with one attached hydrogen (secondary N) is 2. The van der Waals surface area contributed by atoms with Crippen LogP contribution < -0.4 is 10.6 Å². The minimum atomic E-state index is -4.35. The first-order valence-corrected chi connectivity index (χ1v) is 12.0. The first-order valence-electron chi connectivity index (χ1n) is 12.0. The van der Waals surface area contributed by atoms with Crippen LogP contribution in [-0.2, 0) is 23.9 Å². The molecular weight excluding hydrogens is 441 g/mol. The van der Waals surface area contributed by atoms with Gasteiger partial charge in [0.25, 0.3) is 0 Å². The van der Waals surface area contributed by atoms with Crippen molar-refractivity contribution in [2.45, 2.75) is 51.0 Å². The van der Waals surface area contributed by atoms with Crippen LogP contribution in [0.4, 0.5) is 18.9 Å². The van der Waals surface area contributed by atoms with E-state index in [1.54, 1.807) is 6.07 Å². The summed E-state index contributed by atoms with van der Waals surface area (Å²) in [4.78, 5) is 17.1. The molecule has 2 aliphatic rings. The number of nitrogens with zero attached hydrogens (tertiary/aromatic N) is 2. The Kier molecular flexibility index (Phi) is 7.78. The maximum absolute atomic E-state index is 12.9. The zero-order chi connectivity index (χ0) is 24.1. The number of amides is 1. The summed E-state index contributed by atoms with van der Waals surface area (Å²) < 4.78 is 38.8. The molecule has 2 fully saturated rings. The molecule has 2 N–H and O–H groups in total. The summed E-state index contributed by atoms with van der Waals surface area (Å²) in [5, 5.41) is 6.65. The van der Waals surface area contributed by atoms with Gasteiger partial charge in [-0.15, -0.1) is 0 Å². The highest BCUT2D eigenvalue weighted by Crippen LogP contribution is 2.31. The number of carbonyl (C=O) groups is 1. The third-order valence-electron chi connectivity index (χ3n) is 6.65. The van der Waals surface area contributed by atoms with Crippen molar-refractivity contribution in [2.24, 2.45) is 0 Å². The molecule has 8 heteroatoms. The molecule has 2 aromatic rings. The molecule has 5 nitrogen and oxygen atoms in total. The fraction of sp³-hybridized carbons (Fsp3) is 0.500. The highest BCUT2D eigenvalue weighted by molar-refractivity contribution is 5.79. The van der Waals surface area contributed by atoms with Gasteiger partial charge >= 0.3 is 6.18 Å². The number of rotatable bonds is 6. The van der Waals surface area contributed by atoms with E-state index in [9.17, 15) is 18.0 Å². The third-order valence-corrected chi connectivity index (χ3v) is 6.65. The summed E-state index contributed by atoms with van der Waals surface area (Å²) >= 11 is 0. The minimum absolute atomic E-state index is 0.0551. The zero-order valence-electron chi connectivity index (χ0n) is 19.6. The highest BCUT2D eigenvalue weighted by atomic mass is 19.4. The molecule has 34 heavy (non-hydrogen) atoms. The molecule has 184 valence electrons. The van der Waals surface area contributed by atoms with Crippen molar-refractivity contribution in [1.82, 2.24) is 15.1 Å². The van der Waals surface area contributed by atoms with Crippen molar-refractivity contribution in [1.29, 1.82) is 0 Å². The van der Waals surface area contributed by atoms with Crippen molar-refractivity contribution in [3.63, 3.8) is 0 Å². The third kappa shape index (κ3) is 6.73. The van der Waals surface area contributed by atoms with Gasteiger partial charge in [0.1, 0.15) is 0 Å². The summed E-state index contributed by atoms with van der Waals surface area (Å²) in [5.74, 6) is 0.0983. The number of benzene rings is 2. The topological polar surface area (TPSA) is 47.6 Å². The lowest BCUT2D eigenvalue weighted by Gasteiger charge is -2.33. The van der Waals surface area contributed by atoms with Crippen LogP contribution in [0, 0.1) is 0 Å². The maximum atomic E-state index is 12.9. The molecule has 1 atom stereocenters. The van der Waals surface area contributed by atoms with E-state index < -0.39 is 11.7 Å². The maximum Gasteiger partial charge on any atom is 0.416 e. The minimum Gasteiger partial charge on any atom is -0.382 e. The molecule has 0 radical (unpaired) electrons. The molecule has 0 bridgehead atoms. The molecule has 0 aromatic heterocycles. The van der Waals surface area contributed by atoms with E-state index in [1.165, 1.54) is 11.6 Å². The average molecular weight is 475 g/mol. The number of hydrogen-bond donors (Lipinski definition) is 2. The number of halogens is 3. The number of likely N-dealkylation sites (tertiary alicyclic amines) is 1. The van der Waals surface area contributed by atoms with Gasteiger partial charge in [0, 0.05) is 57.0 Å². The van der Waals surface area contributed by atoms with Gasteiger partial charge in [-0.05, 0) is 49.1 Å². The molecule has 0 aliphatic carbocycles. The monoisotopic (exact) mass is 474 g/mol. The van der Waals surface area contributed by atoms with E-state index in [0.717, 1.165) is 43.9 Å². The summed E-state index contributed by atoms with van der Waals surface area (Å²) in [6.07, 6.45) is -2.56. The zero-order valence-corrected chi connectivity index (χ0v) is 19.6. The lowest BCUT2D eigenvalue weighted by Crippen LogP contribution is -2.48. The Balaban J connectivity index is 1.23. The Bertz CT molecular complexity index is 955. The molecule has 0 unspecified atom stereocenters. The molecule has 0 saturated carbocycles. The van der Waals surface area contributed by atoms with Gasteiger partial charge in [-0.25, -0.2) is 0 Å². The summed E-state index contributed by atoms with van der Waals surface area (Å²) in [6.45, 7) is 7.43. The van der Waals surface area contributed by atoms with E-state index in [1.807, 2.05) is 17.0 Å². The van der Waals surface area contributed by atoms with E-state index in [2.05, 4.69) is 34.6 Å². The van der Waals surface area contributed by atoms with Crippen LogP contribution in [0.15, 0.2) is 48.5 Å². The second-order valence-corrected chi connectivity index (χ2v) is 9.46. The predicted octanol–water partition coefficient (Wildman–Crippen LogP) is 4.14. The standard InChI is InChI=1S/C26H33F3N4O/c1-19-17-32(14-11-30-19)18-21-7-5-20(6-8-21)15-25(34)33-12-9-23(10-13-33)31-24-4-2-3-22(16-24)26(27,28)29/h2-8,16,19,23,30-31H,9-15,17-18H2,1H3/t19-/m0/s1. The van der Waals surface area contributed by atoms with Gasteiger partial charge in [0.15, 0.2) is 0 Å². The van der Waals surface area contributed by atoms with Crippen LogP contribution in [-0.4, -0.2) is 60.5 Å². The molecular formula is C26H33F3N4O. The van der Waals surface area contributed by atoms with E-state index in [0.29, 0.717) is 44.1 Å². The lowest BCUT2D eigenvalue weighted by molar-refractivity contribution is -0.137. The SMILES string of the molecule is C[C@H]1CN(Cc2ccc(CC(=O)N3CCC(Nc4cccc(C(F)(F)F)c4)CC3)cc2)CCN1. The van der Waals surface area contributed by atoms with Crippen molar-refractivity contribution >= 4 is 11.6 Å². The van der Waals surface area contributed by atoms with Gasteiger partial charge < -0.3 is 15.5 Å². The number of carbonyl (C=O) groups excluding carboxylic acids is 1. The van der Waals surface area contributed by atoms with Crippen molar-refractivity contribution < 1.29 is 18.0 Å². The predicted molar refractivity (Wildman–Crippen MR) is 128 cm³/mol. The fourth-order valence-electron chi connectivity index (χ4n) is 4.76. The van der Waals surface area contributed by atoms with Gasteiger partial charge in [-0.1, -0.05) is 30.3 Å². The molecule has 4 rings (SSSR count). The van der Waals surface area contributed by atoms with Crippen molar-refractivity contribution in [2.75, 3.05) is 38.0 Å². The first-order chi connectivity index (χ1) is 16.3. The van der Waals surface area contributed by atoms with Gasteiger partial charge in [0.2, 0.25) is 5.91 Å². The van der Waals surface area contributed by atoms with Crippen LogP contribution in [0.1, 0.15) is 36.5 Å². The van der Waals surface area contributed by atoms with E-state index in [4.69, 9.17) is 0 Å². The number of anilines is 1. The Labute approximate surface area is 199 Å². The molecule has 2 aromatic carbocycles. The summed E-state index contributed by atoms with van der Waals surface area (Å²) in [5.41, 5.74) is 2.08. The normalized spacial score (nSPS) is 20.4. The van der Waals surface area contributed by atoms with Gasteiger partial charge in [0.05, 0.1) is 12.0 Å². The Hall–Kier alpha value is -2.58. The summed E-state index contributed by atoms with van der Waals surface area (Å²) in [6, 6.07) is 14.2. The quantitative estimate of drug-likeness (QED) is 0.661. The smallest absolute Gasteiger partial charge is 0.382 e. The number of piperidine rings is 1. The van der Waals surface area contributed by atoms with E-state index in [-0.39, 0.29) is 11.9 Å². The van der Waals surface area contributed by atoms with Crippen molar-refractivity contribution in [3.05, 3.63) is 65.2 Å². The van der Waals surface area contributed by atoms with Crippen LogP contribution in [0.25, 0.3) is 0 Å². The van der Waals surface area contributed by atoms with Crippen LogP contribution in [0.5, 0.6) is 0 Å². The van der Waals surface area contributed by atoms with Crippen LogP contribution in [0.2, 0.25) is 0 Å². The fourth-order valence-corrected chi connectivity index (χ4v) is 4.76. The molecule has 2 aliphatic heterocycles. The highest BCUT2D eigenvalue weighted by Gasteiger charge is 2.31. The van der Waals surface area contributed by atoms with E-state index >= 15 is 0 Å². The number of alkyl halides is 3. The van der Waals surface area contributed by atoms with Gasteiger partial charge in [-0.3, -0.25) is 9.69 Å². The van der Waals surface area contributed by atoms with Gasteiger partial charge in [-0.2, -0.15) is 13.2 Å². The second kappa shape index (κ2) is 10.8. The molecule has 1 amide bonds. The van der Waals surface area contributed by atoms with Crippen LogP contribution >= 0.6 is 0 Å². The summed E-state index contributed by atoms with van der Waals surface area (Å²) in [7, 11) is 0. The molecule has 2 heterocycles. The second-order valence-electron chi connectivity index (χ2n) is 9.46. The Morgan fingerprint density at radius 2 is 1.76 bits per heavy atom. The first kappa shape index (κ1) is 24.5. The van der Waals surface area contributed by atoms with Crippen LogP contribution in [0.3, 0.4) is 0 Å². The molecule has 2 saturated heterocycles. The van der Waals surface area contributed by atoms with Crippen molar-refractivity contribution in [3.8, 4) is 0 Å². The molecule has 0 spiro atoms.